The lowest BCUT2D eigenvalue weighted by Crippen LogP contribution is -2.40. The molecule has 3 rings (SSSR count). The van der Waals surface area contributed by atoms with Gasteiger partial charge in [0.1, 0.15) is 0 Å². The lowest BCUT2D eigenvalue weighted by molar-refractivity contribution is 0.0192. The largest absolute Gasteiger partial charge is 0.432 e. The lowest BCUT2D eigenvalue weighted by atomic mass is 9.95. The van der Waals surface area contributed by atoms with E-state index < -0.39 is 8.32 Å². The van der Waals surface area contributed by atoms with Gasteiger partial charge in [-0.05, 0) is 80.2 Å². The molecule has 1 heterocycles. The first kappa shape index (κ1) is 23.5. The number of amides is 1. The Morgan fingerprint density at radius 1 is 1.13 bits per heavy atom. The number of nitrogens with one attached hydrogen (secondary N) is 1. The van der Waals surface area contributed by atoms with Crippen molar-refractivity contribution in [2.75, 3.05) is 17.7 Å². The SMILES string of the molecule is C[C@@H]1[C@@H]([Si](C)(C)O)[C@H](CCO)O[C@@H]1CCc1cccc(NC(=O)c2ccc(N)cc2)c1. The molecule has 1 saturated heterocycles. The average molecular weight is 443 g/mol. The summed E-state index contributed by atoms with van der Waals surface area (Å²) < 4.78 is 6.27. The second kappa shape index (κ2) is 9.95. The number of carbonyl (C=O) groups excluding carboxylic acids is 1. The molecule has 0 bridgehead atoms. The van der Waals surface area contributed by atoms with Gasteiger partial charge >= 0.3 is 0 Å². The fourth-order valence-corrected chi connectivity index (χ4v) is 7.41. The Bertz CT molecular complexity index is 882. The molecule has 6 nitrogen and oxygen atoms in total. The first-order valence-corrected chi connectivity index (χ1v) is 14.0. The van der Waals surface area contributed by atoms with Gasteiger partial charge in [0.15, 0.2) is 8.32 Å². The van der Waals surface area contributed by atoms with Crippen molar-refractivity contribution in [2.45, 2.75) is 57.0 Å². The van der Waals surface area contributed by atoms with Gasteiger partial charge in [-0.3, -0.25) is 4.79 Å². The van der Waals surface area contributed by atoms with Crippen molar-refractivity contribution in [1.82, 2.24) is 0 Å². The molecule has 0 aromatic heterocycles. The molecule has 2 aromatic carbocycles. The molecule has 1 amide bonds. The van der Waals surface area contributed by atoms with E-state index in [0.29, 0.717) is 17.7 Å². The van der Waals surface area contributed by atoms with Gasteiger partial charge in [0.05, 0.1) is 12.2 Å². The zero-order valence-corrected chi connectivity index (χ0v) is 19.5. The summed E-state index contributed by atoms with van der Waals surface area (Å²) in [7, 11) is -2.39. The van der Waals surface area contributed by atoms with E-state index in [4.69, 9.17) is 10.5 Å². The van der Waals surface area contributed by atoms with E-state index in [2.05, 4.69) is 12.2 Å². The summed E-state index contributed by atoms with van der Waals surface area (Å²) in [5.41, 5.74) is 8.86. The number of nitrogen functional groups attached to an aromatic ring is 1. The second-order valence-electron chi connectivity index (χ2n) is 9.08. The number of hydrogen-bond donors (Lipinski definition) is 4. The van der Waals surface area contributed by atoms with Crippen LogP contribution in [0.5, 0.6) is 0 Å². The molecule has 168 valence electrons. The number of ether oxygens (including phenoxy) is 1. The highest BCUT2D eigenvalue weighted by atomic mass is 28.4. The molecule has 1 aliphatic rings. The predicted octanol–water partition coefficient (Wildman–Crippen LogP) is 3.81. The quantitative estimate of drug-likeness (QED) is 0.368. The number of hydrogen-bond acceptors (Lipinski definition) is 5. The molecular formula is C24H34N2O4Si. The smallest absolute Gasteiger partial charge is 0.255 e. The van der Waals surface area contributed by atoms with Crippen molar-refractivity contribution in [3.63, 3.8) is 0 Å². The van der Waals surface area contributed by atoms with Gasteiger partial charge in [0.25, 0.3) is 5.91 Å². The van der Waals surface area contributed by atoms with Crippen LogP contribution in [0.15, 0.2) is 48.5 Å². The summed E-state index contributed by atoms with van der Waals surface area (Å²) in [5.74, 6) is 0.0753. The molecule has 2 aromatic rings. The topological polar surface area (TPSA) is 105 Å². The van der Waals surface area contributed by atoms with Crippen LogP contribution in [0.25, 0.3) is 0 Å². The van der Waals surface area contributed by atoms with Crippen molar-refractivity contribution in [1.29, 1.82) is 0 Å². The first-order valence-electron chi connectivity index (χ1n) is 10.9. The Morgan fingerprint density at radius 3 is 2.48 bits per heavy atom. The maximum atomic E-state index is 12.5. The zero-order chi connectivity index (χ0) is 22.6. The van der Waals surface area contributed by atoms with Crippen LogP contribution in [-0.2, 0) is 11.2 Å². The van der Waals surface area contributed by atoms with Crippen molar-refractivity contribution in [2.24, 2.45) is 5.92 Å². The van der Waals surface area contributed by atoms with Gasteiger partial charge in [0, 0.05) is 29.1 Å². The number of anilines is 2. The van der Waals surface area contributed by atoms with Gasteiger partial charge in [-0.25, -0.2) is 0 Å². The Kier molecular flexibility index (Phi) is 7.54. The molecule has 0 radical (unpaired) electrons. The lowest BCUT2D eigenvalue weighted by Gasteiger charge is -2.30. The molecule has 0 unspecified atom stereocenters. The fraction of sp³-hybridized carbons (Fsp3) is 0.458. The van der Waals surface area contributed by atoms with E-state index in [9.17, 15) is 14.7 Å². The minimum Gasteiger partial charge on any atom is -0.432 e. The molecule has 31 heavy (non-hydrogen) atoms. The Hall–Kier alpha value is -2.19. The Balaban J connectivity index is 1.62. The summed E-state index contributed by atoms with van der Waals surface area (Å²) in [5, 5.41) is 12.3. The van der Waals surface area contributed by atoms with E-state index in [0.717, 1.165) is 24.1 Å². The highest BCUT2D eigenvalue weighted by Crippen LogP contribution is 2.45. The molecule has 5 N–H and O–H groups in total. The van der Waals surface area contributed by atoms with Gasteiger partial charge in [-0.1, -0.05) is 19.1 Å². The van der Waals surface area contributed by atoms with Crippen LogP contribution in [0.1, 0.15) is 35.7 Å². The molecule has 1 aliphatic heterocycles. The van der Waals surface area contributed by atoms with E-state index in [1.54, 1.807) is 24.3 Å². The number of aliphatic hydroxyl groups excluding tert-OH is 1. The summed E-state index contributed by atoms with van der Waals surface area (Å²) >= 11 is 0. The molecule has 0 saturated carbocycles. The van der Waals surface area contributed by atoms with E-state index in [-0.39, 0.29) is 36.2 Å². The number of aryl methyl sites for hydroxylation is 1. The third-order valence-electron chi connectivity index (χ3n) is 6.21. The highest BCUT2D eigenvalue weighted by Gasteiger charge is 2.49. The summed E-state index contributed by atoms with van der Waals surface area (Å²) in [6, 6.07) is 14.7. The first-order chi connectivity index (χ1) is 14.7. The van der Waals surface area contributed by atoms with Crippen molar-refractivity contribution >= 4 is 25.6 Å². The van der Waals surface area contributed by atoms with E-state index in [1.165, 1.54) is 0 Å². The minimum atomic E-state index is -2.39. The minimum absolute atomic E-state index is 0.0495. The number of aliphatic hydroxyl groups is 1. The Morgan fingerprint density at radius 2 is 1.84 bits per heavy atom. The van der Waals surface area contributed by atoms with Gasteiger partial charge < -0.3 is 25.7 Å². The van der Waals surface area contributed by atoms with Crippen molar-refractivity contribution in [3.8, 4) is 0 Å². The van der Waals surface area contributed by atoms with Crippen LogP contribution < -0.4 is 11.1 Å². The third kappa shape index (κ3) is 5.95. The van der Waals surface area contributed by atoms with E-state index in [1.807, 2.05) is 37.4 Å². The van der Waals surface area contributed by atoms with E-state index >= 15 is 0 Å². The number of carbonyl (C=O) groups is 1. The van der Waals surface area contributed by atoms with Crippen LogP contribution in [0.3, 0.4) is 0 Å². The standard InChI is InChI=1S/C24H34N2O4Si/c1-16-21(30-22(13-14-27)23(16)31(2,3)29)12-7-17-5-4-6-20(15-17)26-24(28)18-8-10-19(25)11-9-18/h4-6,8-11,15-16,21-23,27,29H,7,12-14,25H2,1-3H3,(H,26,28)/t16-,21+,22-,23+/m0/s1. The summed E-state index contributed by atoms with van der Waals surface area (Å²) in [6.45, 7) is 6.14. The number of rotatable bonds is 8. The average Bonchev–Trinajstić information content (AvgIpc) is 3.03. The molecule has 1 fully saturated rings. The molecule has 4 atom stereocenters. The predicted molar refractivity (Wildman–Crippen MR) is 127 cm³/mol. The highest BCUT2D eigenvalue weighted by molar-refractivity contribution is 6.71. The van der Waals surface area contributed by atoms with Gasteiger partial charge in [-0.2, -0.15) is 0 Å². The van der Waals surface area contributed by atoms with Crippen LogP contribution in [0.2, 0.25) is 18.6 Å². The molecule has 7 heteroatoms. The second-order valence-corrected chi connectivity index (χ2v) is 13.1. The maximum Gasteiger partial charge on any atom is 0.255 e. The normalized spacial score (nSPS) is 23.6. The maximum absolute atomic E-state index is 12.5. The third-order valence-corrected chi connectivity index (χ3v) is 8.74. The number of nitrogens with two attached hydrogens (primary N) is 1. The molecule has 0 spiro atoms. The number of benzene rings is 2. The molecule has 0 aliphatic carbocycles. The van der Waals surface area contributed by atoms with Crippen molar-refractivity contribution < 1.29 is 19.4 Å². The Labute approximate surface area is 185 Å². The van der Waals surface area contributed by atoms with Gasteiger partial charge in [-0.15, -0.1) is 0 Å². The van der Waals surface area contributed by atoms with Crippen LogP contribution in [0.4, 0.5) is 11.4 Å². The zero-order valence-electron chi connectivity index (χ0n) is 18.5. The summed E-state index contributed by atoms with van der Waals surface area (Å²) in [6.07, 6.45) is 2.18. The van der Waals surface area contributed by atoms with Crippen molar-refractivity contribution in [3.05, 3.63) is 59.7 Å². The van der Waals surface area contributed by atoms with Crippen LogP contribution in [-0.4, -0.2) is 42.9 Å². The van der Waals surface area contributed by atoms with Gasteiger partial charge in [0.2, 0.25) is 0 Å². The van der Waals surface area contributed by atoms with Crippen LogP contribution >= 0.6 is 0 Å². The molecular weight excluding hydrogens is 408 g/mol. The monoisotopic (exact) mass is 442 g/mol. The van der Waals surface area contributed by atoms with Crippen LogP contribution in [0, 0.1) is 5.92 Å². The summed E-state index contributed by atoms with van der Waals surface area (Å²) in [4.78, 5) is 23.2. The fourth-order valence-electron chi connectivity index (χ4n) is 4.76.